The fourth-order valence-electron chi connectivity index (χ4n) is 3.48. The molecule has 0 aliphatic carbocycles. The molecule has 7 nitrogen and oxygen atoms in total. The van der Waals surface area contributed by atoms with E-state index in [0.29, 0.717) is 31.3 Å². The van der Waals surface area contributed by atoms with E-state index < -0.39 is 0 Å². The van der Waals surface area contributed by atoms with Crippen molar-refractivity contribution in [1.29, 1.82) is 0 Å². The number of pyridine rings is 1. The predicted octanol–water partition coefficient (Wildman–Crippen LogP) is 3.30. The molecule has 168 valence electrons. The summed E-state index contributed by atoms with van der Waals surface area (Å²) < 4.78 is 0. The number of nitrogens with zero attached hydrogens (tertiary/aromatic N) is 3. The molecule has 1 aromatic heterocycles. The summed E-state index contributed by atoms with van der Waals surface area (Å²) in [5.74, 6) is 1.18. The number of guanidine groups is 1. The Bertz CT molecular complexity index is 849. The minimum Gasteiger partial charge on any atom is -0.356 e. The lowest BCUT2D eigenvalue weighted by molar-refractivity contribution is -0.116. The number of hydrogen-bond donors (Lipinski definition) is 3. The summed E-state index contributed by atoms with van der Waals surface area (Å²) in [6.07, 6.45) is 2.97. The molecule has 1 aromatic carbocycles. The van der Waals surface area contributed by atoms with E-state index in [1.165, 1.54) is 37.1 Å². The van der Waals surface area contributed by atoms with Crippen LogP contribution in [0.25, 0.3) is 0 Å². The van der Waals surface area contributed by atoms with Crippen LogP contribution in [0.15, 0.2) is 47.5 Å². The van der Waals surface area contributed by atoms with E-state index >= 15 is 0 Å². The summed E-state index contributed by atoms with van der Waals surface area (Å²) in [4.78, 5) is 23.1. The standard InChI is InChI=1S/C23H32N6O.HI/c1-18-6-5-7-21(27-18)28-22(30)12-13-25-23(24-2)26-16-19-8-10-20(11-9-19)17-29-14-3-4-15-29;/h5-11H,3-4,12-17H2,1-2H3,(H2,24,25,26)(H,27,28,30);1H. The number of aliphatic imine (C=N–C) groups is 1. The second-order valence-electron chi connectivity index (χ2n) is 7.61. The zero-order valence-electron chi connectivity index (χ0n) is 18.4. The minimum atomic E-state index is -0.0790. The van der Waals surface area contributed by atoms with Crippen molar-refractivity contribution < 1.29 is 4.79 Å². The maximum Gasteiger partial charge on any atom is 0.227 e. The molecule has 0 unspecified atom stereocenters. The zero-order chi connectivity index (χ0) is 21.2. The summed E-state index contributed by atoms with van der Waals surface area (Å²) in [7, 11) is 1.73. The van der Waals surface area contributed by atoms with Crippen LogP contribution in [0.5, 0.6) is 0 Å². The highest BCUT2D eigenvalue weighted by atomic mass is 127. The van der Waals surface area contributed by atoms with Gasteiger partial charge in [0.25, 0.3) is 0 Å². The topological polar surface area (TPSA) is 81.6 Å². The summed E-state index contributed by atoms with van der Waals surface area (Å²) in [5, 5.41) is 9.28. The van der Waals surface area contributed by atoms with Crippen molar-refractivity contribution in [1.82, 2.24) is 20.5 Å². The zero-order valence-corrected chi connectivity index (χ0v) is 20.7. The van der Waals surface area contributed by atoms with Crippen molar-refractivity contribution in [3.63, 3.8) is 0 Å². The summed E-state index contributed by atoms with van der Waals surface area (Å²) in [5.41, 5.74) is 3.43. The third kappa shape index (κ3) is 8.82. The van der Waals surface area contributed by atoms with Crippen LogP contribution in [0.4, 0.5) is 5.82 Å². The minimum absolute atomic E-state index is 0. The number of benzene rings is 1. The Hall–Kier alpha value is -2.20. The van der Waals surface area contributed by atoms with Gasteiger partial charge in [0.2, 0.25) is 5.91 Å². The SMILES string of the molecule is CN=C(NCCC(=O)Nc1cccc(C)n1)NCc1ccc(CN2CCCC2)cc1.I. The second-order valence-corrected chi connectivity index (χ2v) is 7.61. The summed E-state index contributed by atoms with van der Waals surface area (Å²) in [6, 6.07) is 14.3. The van der Waals surface area contributed by atoms with Crippen LogP contribution in [0.1, 0.15) is 36.1 Å². The first-order chi connectivity index (χ1) is 14.6. The molecule has 2 heterocycles. The van der Waals surface area contributed by atoms with E-state index in [1.807, 2.05) is 19.1 Å². The van der Waals surface area contributed by atoms with Gasteiger partial charge in [0, 0.05) is 38.8 Å². The van der Waals surface area contributed by atoms with Crippen LogP contribution in [0.2, 0.25) is 0 Å². The van der Waals surface area contributed by atoms with Gasteiger partial charge in [-0.2, -0.15) is 0 Å². The van der Waals surface area contributed by atoms with Crippen LogP contribution in [-0.4, -0.2) is 48.4 Å². The van der Waals surface area contributed by atoms with Crippen molar-refractivity contribution >= 4 is 41.7 Å². The summed E-state index contributed by atoms with van der Waals surface area (Å²) >= 11 is 0. The lowest BCUT2D eigenvalue weighted by atomic mass is 10.1. The van der Waals surface area contributed by atoms with Gasteiger partial charge in [-0.25, -0.2) is 4.98 Å². The molecule has 31 heavy (non-hydrogen) atoms. The second kappa shape index (κ2) is 13.3. The first-order valence-corrected chi connectivity index (χ1v) is 10.6. The number of aromatic nitrogens is 1. The highest BCUT2D eigenvalue weighted by Gasteiger charge is 2.11. The third-order valence-electron chi connectivity index (χ3n) is 5.11. The maximum atomic E-state index is 12.1. The number of rotatable bonds is 8. The molecule has 0 atom stereocenters. The Labute approximate surface area is 202 Å². The lowest BCUT2D eigenvalue weighted by Crippen LogP contribution is -2.38. The van der Waals surface area contributed by atoms with E-state index in [4.69, 9.17) is 0 Å². The fourth-order valence-corrected chi connectivity index (χ4v) is 3.48. The molecular weight excluding hydrogens is 503 g/mol. The maximum absolute atomic E-state index is 12.1. The highest BCUT2D eigenvalue weighted by molar-refractivity contribution is 14.0. The van der Waals surface area contributed by atoms with E-state index in [2.05, 4.69) is 55.1 Å². The third-order valence-corrected chi connectivity index (χ3v) is 5.11. The number of halogens is 1. The van der Waals surface area contributed by atoms with Gasteiger partial charge in [0.05, 0.1) is 0 Å². The number of hydrogen-bond acceptors (Lipinski definition) is 4. The number of anilines is 1. The smallest absolute Gasteiger partial charge is 0.227 e. The lowest BCUT2D eigenvalue weighted by Gasteiger charge is -2.15. The number of nitrogens with one attached hydrogen (secondary N) is 3. The van der Waals surface area contributed by atoms with E-state index in [1.54, 1.807) is 13.1 Å². The number of likely N-dealkylation sites (tertiary alicyclic amines) is 1. The normalized spacial score (nSPS) is 14.1. The van der Waals surface area contributed by atoms with Crippen LogP contribution in [0.3, 0.4) is 0 Å². The molecule has 1 aliphatic heterocycles. The molecule has 0 spiro atoms. The molecule has 0 bridgehead atoms. The van der Waals surface area contributed by atoms with Crippen molar-refractivity contribution in [2.45, 2.75) is 39.3 Å². The Morgan fingerprint density at radius 3 is 2.45 bits per heavy atom. The Kier molecular flexibility index (Phi) is 10.7. The Morgan fingerprint density at radius 2 is 1.77 bits per heavy atom. The van der Waals surface area contributed by atoms with Crippen molar-refractivity contribution in [3.05, 3.63) is 59.3 Å². The Balaban J connectivity index is 0.00000341. The monoisotopic (exact) mass is 536 g/mol. The van der Waals surface area contributed by atoms with Gasteiger partial charge in [-0.15, -0.1) is 24.0 Å². The van der Waals surface area contributed by atoms with E-state index in [0.717, 1.165) is 12.2 Å². The van der Waals surface area contributed by atoms with Crippen LogP contribution in [0, 0.1) is 6.92 Å². The molecule has 2 aromatic rings. The number of aryl methyl sites for hydroxylation is 1. The van der Waals surface area contributed by atoms with Crippen LogP contribution in [-0.2, 0) is 17.9 Å². The molecule has 0 saturated carbocycles. The van der Waals surface area contributed by atoms with Gasteiger partial charge in [0.1, 0.15) is 5.82 Å². The Morgan fingerprint density at radius 1 is 1.06 bits per heavy atom. The average molecular weight is 536 g/mol. The molecule has 3 N–H and O–H groups in total. The fraction of sp³-hybridized carbons (Fsp3) is 0.435. The van der Waals surface area contributed by atoms with Crippen molar-refractivity contribution in [2.24, 2.45) is 4.99 Å². The molecule has 1 aliphatic rings. The van der Waals surface area contributed by atoms with Crippen molar-refractivity contribution in [3.8, 4) is 0 Å². The molecular formula is C23H33IN6O. The molecule has 1 fully saturated rings. The molecule has 3 rings (SSSR count). The van der Waals surface area contributed by atoms with Gasteiger partial charge in [-0.1, -0.05) is 30.3 Å². The summed E-state index contributed by atoms with van der Waals surface area (Å²) in [6.45, 7) is 6.54. The number of carbonyl (C=O) groups is 1. The van der Waals surface area contributed by atoms with Gasteiger partial charge in [-0.05, 0) is 56.1 Å². The average Bonchev–Trinajstić information content (AvgIpc) is 3.24. The first-order valence-electron chi connectivity index (χ1n) is 10.6. The number of carbonyl (C=O) groups excluding carboxylic acids is 1. The molecule has 1 saturated heterocycles. The van der Waals surface area contributed by atoms with E-state index in [9.17, 15) is 4.79 Å². The molecule has 8 heteroatoms. The predicted molar refractivity (Wildman–Crippen MR) is 137 cm³/mol. The molecule has 1 amide bonds. The van der Waals surface area contributed by atoms with Crippen molar-refractivity contribution in [2.75, 3.05) is 32.0 Å². The number of amides is 1. The van der Waals surface area contributed by atoms with Crippen LogP contribution >= 0.6 is 24.0 Å². The van der Waals surface area contributed by atoms with E-state index in [-0.39, 0.29) is 29.9 Å². The first kappa shape index (κ1) is 25.1. The van der Waals surface area contributed by atoms with Gasteiger partial charge >= 0.3 is 0 Å². The quantitative estimate of drug-likeness (QED) is 0.274. The highest BCUT2D eigenvalue weighted by Crippen LogP contribution is 2.13. The largest absolute Gasteiger partial charge is 0.356 e. The van der Waals surface area contributed by atoms with Gasteiger partial charge < -0.3 is 16.0 Å². The van der Waals surface area contributed by atoms with Crippen LogP contribution < -0.4 is 16.0 Å². The van der Waals surface area contributed by atoms with Gasteiger partial charge in [0.15, 0.2) is 5.96 Å². The van der Waals surface area contributed by atoms with Gasteiger partial charge in [-0.3, -0.25) is 14.7 Å². The molecule has 0 radical (unpaired) electrons.